The topological polar surface area (TPSA) is 73.1 Å². The summed E-state index contributed by atoms with van der Waals surface area (Å²) in [5, 5.41) is 19.6. The van der Waals surface area contributed by atoms with Crippen LogP contribution in [0.3, 0.4) is 0 Å². The van der Waals surface area contributed by atoms with Gasteiger partial charge in [0.1, 0.15) is 0 Å². The molecule has 0 bridgehead atoms. The Labute approximate surface area is 88.7 Å². The number of amides is 1. The van der Waals surface area contributed by atoms with Crippen molar-refractivity contribution in [1.82, 2.24) is 5.32 Å². The molecule has 0 aliphatic carbocycles. The van der Waals surface area contributed by atoms with E-state index in [0.29, 0.717) is 18.7 Å². The highest BCUT2D eigenvalue weighted by molar-refractivity contribution is 7.99. The molecule has 4 nitrogen and oxygen atoms in total. The summed E-state index contributed by atoms with van der Waals surface area (Å²) in [6, 6.07) is 1.95. The van der Waals surface area contributed by atoms with E-state index in [1.807, 2.05) is 13.0 Å². The van der Waals surface area contributed by atoms with Gasteiger partial charge >= 0.3 is 0 Å². The third-order valence-corrected chi connectivity index (χ3v) is 2.78. The van der Waals surface area contributed by atoms with Crippen LogP contribution in [0.25, 0.3) is 0 Å². The first-order valence-corrected chi connectivity index (χ1v) is 5.68. The van der Waals surface area contributed by atoms with Crippen LogP contribution in [0.15, 0.2) is 0 Å². The Morgan fingerprint density at radius 1 is 1.71 bits per heavy atom. The molecule has 1 unspecified atom stereocenters. The smallest absolute Gasteiger partial charge is 0.230 e. The van der Waals surface area contributed by atoms with Crippen LogP contribution in [-0.4, -0.2) is 35.7 Å². The van der Waals surface area contributed by atoms with Crippen LogP contribution in [-0.2, 0) is 4.79 Å². The molecular formula is C9H16N2O2S. The molecule has 0 rings (SSSR count). The third-order valence-electron chi connectivity index (χ3n) is 1.51. The van der Waals surface area contributed by atoms with Crippen molar-refractivity contribution in [3.05, 3.63) is 0 Å². The normalized spacial score (nSPS) is 11.8. The first-order valence-electron chi connectivity index (χ1n) is 4.53. The zero-order chi connectivity index (χ0) is 10.8. The van der Waals surface area contributed by atoms with Gasteiger partial charge in [0, 0.05) is 13.2 Å². The summed E-state index contributed by atoms with van der Waals surface area (Å²) >= 11 is 1.50. The predicted molar refractivity (Wildman–Crippen MR) is 56.8 cm³/mol. The number of nitriles is 1. The molecule has 0 aromatic carbocycles. The summed E-state index contributed by atoms with van der Waals surface area (Å²) in [5.41, 5.74) is 0. The van der Waals surface area contributed by atoms with Crippen LogP contribution < -0.4 is 5.32 Å². The van der Waals surface area contributed by atoms with Gasteiger partial charge < -0.3 is 10.4 Å². The first-order chi connectivity index (χ1) is 6.70. The number of rotatable bonds is 7. The van der Waals surface area contributed by atoms with Gasteiger partial charge in [-0.15, -0.1) is 0 Å². The molecule has 0 radical (unpaired) electrons. The van der Waals surface area contributed by atoms with Gasteiger partial charge in [0.15, 0.2) is 0 Å². The van der Waals surface area contributed by atoms with E-state index in [4.69, 9.17) is 10.4 Å². The molecule has 0 saturated carbocycles. The zero-order valence-corrected chi connectivity index (χ0v) is 9.14. The number of carbonyl (C=O) groups excluding carboxylic acids is 1. The summed E-state index contributed by atoms with van der Waals surface area (Å²) in [5.74, 6) is 1.36. The second-order valence-electron chi connectivity index (χ2n) is 3.06. The summed E-state index contributed by atoms with van der Waals surface area (Å²) in [6.07, 6.45) is 0.351. The molecule has 2 N–H and O–H groups in total. The van der Waals surface area contributed by atoms with E-state index in [1.54, 1.807) is 0 Å². The van der Waals surface area contributed by atoms with E-state index in [2.05, 4.69) is 5.32 Å². The van der Waals surface area contributed by atoms with E-state index in [0.717, 1.165) is 5.75 Å². The number of nitrogens with zero attached hydrogens (tertiary/aromatic N) is 1. The van der Waals surface area contributed by atoms with Gasteiger partial charge in [-0.3, -0.25) is 4.79 Å². The predicted octanol–water partition coefficient (Wildman–Crippen LogP) is 0.378. The summed E-state index contributed by atoms with van der Waals surface area (Å²) in [6.45, 7) is 2.51. The molecular weight excluding hydrogens is 200 g/mol. The second kappa shape index (κ2) is 8.85. The van der Waals surface area contributed by atoms with Crippen molar-refractivity contribution >= 4 is 17.7 Å². The Morgan fingerprint density at radius 3 is 3.00 bits per heavy atom. The van der Waals surface area contributed by atoms with E-state index >= 15 is 0 Å². The molecule has 0 aromatic heterocycles. The highest BCUT2D eigenvalue weighted by atomic mass is 32.2. The second-order valence-corrected chi connectivity index (χ2v) is 4.09. The maximum Gasteiger partial charge on any atom is 0.230 e. The van der Waals surface area contributed by atoms with Crippen molar-refractivity contribution in [2.24, 2.45) is 5.92 Å². The van der Waals surface area contributed by atoms with Gasteiger partial charge in [-0.2, -0.15) is 17.0 Å². The van der Waals surface area contributed by atoms with Crippen LogP contribution in [0, 0.1) is 17.2 Å². The van der Waals surface area contributed by atoms with E-state index in [-0.39, 0.29) is 18.4 Å². The van der Waals surface area contributed by atoms with Crippen molar-refractivity contribution < 1.29 is 9.90 Å². The molecule has 1 amide bonds. The van der Waals surface area contributed by atoms with Crippen LogP contribution in [0.2, 0.25) is 0 Å². The van der Waals surface area contributed by atoms with Gasteiger partial charge in [-0.25, -0.2) is 0 Å². The largest absolute Gasteiger partial charge is 0.396 e. The lowest BCUT2D eigenvalue weighted by Gasteiger charge is -2.06. The minimum atomic E-state index is -0.0459. The Kier molecular flexibility index (Phi) is 8.39. The van der Waals surface area contributed by atoms with Crippen molar-refractivity contribution in [3.63, 3.8) is 0 Å². The number of thioether (sulfide) groups is 1. The maximum atomic E-state index is 11.1. The first kappa shape index (κ1) is 13.3. The van der Waals surface area contributed by atoms with E-state index in [1.165, 1.54) is 11.8 Å². The van der Waals surface area contributed by atoms with Crippen molar-refractivity contribution in [3.8, 4) is 6.07 Å². The minimum absolute atomic E-state index is 0.0459. The molecule has 80 valence electrons. The summed E-state index contributed by atoms with van der Waals surface area (Å²) in [4.78, 5) is 11.1. The molecule has 0 aliphatic heterocycles. The zero-order valence-electron chi connectivity index (χ0n) is 8.32. The lowest BCUT2D eigenvalue weighted by atomic mass is 10.2. The molecule has 14 heavy (non-hydrogen) atoms. The van der Waals surface area contributed by atoms with Gasteiger partial charge in [0.2, 0.25) is 5.91 Å². The fourth-order valence-electron chi connectivity index (χ4n) is 0.714. The Bertz CT molecular complexity index is 203. The Morgan fingerprint density at radius 2 is 2.43 bits per heavy atom. The fraction of sp³-hybridized carbons (Fsp3) is 0.778. The Balaban J connectivity index is 3.32. The fourth-order valence-corrected chi connectivity index (χ4v) is 1.63. The SMILES string of the molecule is CC(CO)CSCC(=O)NCCC#N. The van der Waals surface area contributed by atoms with Crippen LogP contribution in [0.5, 0.6) is 0 Å². The Hall–Kier alpha value is -0.730. The lowest BCUT2D eigenvalue weighted by Crippen LogP contribution is -2.26. The minimum Gasteiger partial charge on any atom is -0.396 e. The van der Waals surface area contributed by atoms with Gasteiger partial charge in [0.05, 0.1) is 18.2 Å². The van der Waals surface area contributed by atoms with Crippen molar-refractivity contribution in [2.75, 3.05) is 24.7 Å². The molecule has 5 heteroatoms. The quantitative estimate of drug-likeness (QED) is 0.603. The van der Waals surface area contributed by atoms with Crippen LogP contribution in [0.1, 0.15) is 13.3 Å². The molecule has 0 fully saturated rings. The lowest BCUT2D eigenvalue weighted by molar-refractivity contribution is -0.118. The monoisotopic (exact) mass is 216 g/mol. The standard InChI is InChI=1S/C9H16N2O2S/c1-8(5-12)6-14-7-9(13)11-4-2-3-10/h8,12H,2,4-7H2,1H3,(H,11,13). The van der Waals surface area contributed by atoms with Gasteiger partial charge in [0.25, 0.3) is 0 Å². The highest BCUT2D eigenvalue weighted by Gasteiger charge is 2.03. The summed E-state index contributed by atoms with van der Waals surface area (Å²) in [7, 11) is 0. The average Bonchev–Trinajstić information content (AvgIpc) is 2.18. The van der Waals surface area contributed by atoms with Crippen LogP contribution in [0.4, 0.5) is 0 Å². The maximum absolute atomic E-state index is 11.1. The highest BCUT2D eigenvalue weighted by Crippen LogP contribution is 2.06. The van der Waals surface area contributed by atoms with Gasteiger partial charge in [-0.05, 0) is 11.7 Å². The number of carbonyl (C=O) groups is 1. The molecule has 0 aliphatic rings. The number of hydrogen-bond acceptors (Lipinski definition) is 4. The van der Waals surface area contributed by atoms with Crippen molar-refractivity contribution in [2.45, 2.75) is 13.3 Å². The summed E-state index contributed by atoms with van der Waals surface area (Å²) < 4.78 is 0. The molecule has 0 spiro atoms. The number of aliphatic hydroxyl groups is 1. The van der Waals surface area contributed by atoms with E-state index in [9.17, 15) is 4.79 Å². The molecule has 0 heterocycles. The third kappa shape index (κ3) is 7.90. The number of hydrogen-bond donors (Lipinski definition) is 2. The molecule has 1 atom stereocenters. The van der Waals surface area contributed by atoms with Crippen LogP contribution >= 0.6 is 11.8 Å². The molecule has 0 aromatic rings. The van der Waals surface area contributed by atoms with Gasteiger partial charge in [-0.1, -0.05) is 6.92 Å². The number of aliphatic hydroxyl groups excluding tert-OH is 1. The molecule has 0 saturated heterocycles. The number of nitrogens with one attached hydrogen (secondary N) is 1. The van der Waals surface area contributed by atoms with E-state index < -0.39 is 0 Å². The average molecular weight is 216 g/mol. The van der Waals surface area contributed by atoms with Crippen molar-refractivity contribution in [1.29, 1.82) is 5.26 Å².